The maximum Gasteiger partial charge on any atom is 0.182 e. The quantitative estimate of drug-likeness (QED) is 0.891. The summed E-state index contributed by atoms with van der Waals surface area (Å²) < 4.78 is 5.67. The zero-order valence-electron chi connectivity index (χ0n) is 10.3. The minimum absolute atomic E-state index is 0.00319. The molecule has 19 heavy (non-hydrogen) atoms. The normalized spacial score (nSPS) is 13.2. The van der Waals surface area contributed by atoms with E-state index in [0.717, 1.165) is 34.8 Å². The molecule has 0 aliphatic carbocycles. The van der Waals surface area contributed by atoms with Gasteiger partial charge in [-0.25, -0.2) is 0 Å². The number of hydrogen-bond acceptors (Lipinski definition) is 2. The molecular formula is C16H13NO2. The molecule has 1 aliphatic rings. The Morgan fingerprint density at radius 2 is 2.16 bits per heavy atom. The first-order valence-electron chi connectivity index (χ1n) is 6.09. The molecule has 0 atom stereocenters. The topological polar surface area (TPSA) is 42.1 Å². The third-order valence-electron chi connectivity index (χ3n) is 3.10. The number of nitrogens with one attached hydrogen (secondary N) is 1. The van der Waals surface area contributed by atoms with E-state index in [1.165, 1.54) is 6.07 Å². The van der Waals surface area contributed by atoms with Crippen LogP contribution in [-0.2, 0) is 6.42 Å². The van der Waals surface area contributed by atoms with Crippen LogP contribution in [0.15, 0.2) is 65.8 Å². The van der Waals surface area contributed by atoms with Crippen LogP contribution < -0.4 is 10.2 Å². The molecule has 0 saturated heterocycles. The summed E-state index contributed by atoms with van der Waals surface area (Å²) >= 11 is 0. The Morgan fingerprint density at radius 3 is 2.95 bits per heavy atom. The molecule has 0 unspecified atom stereocenters. The zero-order chi connectivity index (χ0) is 13.2. The summed E-state index contributed by atoms with van der Waals surface area (Å²) in [7, 11) is 0. The first kappa shape index (κ1) is 11.5. The summed E-state index contributed by atoms with van der Waals surface area (Å²) in [4.78, 5) is 14.4. The number of fused-ring (bicyclic) bond motifs is 1. The standard InChI is InChI=1S/C16H13NO2/c1-2-14-5-3-12-9-11(4-6-16(12)19-14)15-10-13(18)7-8-17-15/h2,4-10H,1,3H2,(H,17,18). The van der Waals surface area contributed by atoms with E-state index < -0.39 is 0 Å². The molecule has 1 aliphatic heterocycles. The van der Waals surface area contributed by atoms with Crippen LogP contribution in [0.1, 0.15) is 5.56 Å². The fraction of sp³-hybridized carbons (Fsp3) is 0.0625. The molecular weight excluding hydrogens is 238 g/mol. The van der Waals surface area contributed by atoms with Crippen LogP contribution in [0.5, 0.6) is 5.75 Å². The highest BCUT2D eigenvalue weighted by Crippen LogP contribution is 2.30. The molecule has 3 nitrogen and oxygen atoms in total. The molecule has 1 aromatic carbocycles. The number of H-pyrrole nitrogens is 1. The summed E-state index contributed by atoms with van der Waals surface area (Å²) in [5.41, 5.74) is 2.90. The Morgan fingerprint density at radius 1 is 1.26 bits per heavy atom. The van der Waals surface area contributed by atoms with E-state index in [4.69, 9.17) is 4.74 Å². The monoisotopic (exact) mass is 251 g/mol. The lowest BCUT2D eigenvalue weighted by Gasteiger charge is -2.17. The number of ether oxygens (including phenoxy) is 1. The van der Waals surface area contributed by atoms with E-state index in [1.54, 1.807) is 18.3 Å². The van der Waals surface area contributed by atoms with Crippen molar-refractivity contribution in [2.24, 2.45) is 0 Å². The number of benzene rings is 1. The van der Waals surface area contributed by atoms with Gasteiger partial charge in [0.25, 0.3) is 0 Å². The van der Waals surface area contributed by atoms with E-state index in [0.29, 0.717) is 0 Å². The molecule has 0 saturated carbocycles. The van der Waals surface area contributed by atoms with E-state index in [1.807, 2.05) is 24.3 Å². The lowest BCUT2D eigenvalue weighted by Crippen LogP contribution is -2.03. The van der Waals surface area contributed by atoms with E-state index in [-0.39, 0.29) is 5.43 Å². The summed E-state index contributed by atoms with van der Waals surface area (Å²) in [5.74, 6) is 1.63. The van der Waals surface area contributed by atoms with Crippen molar-refractivity contribution in [3.05, 3.63) is 76.8 Å². The van der Waals surface area contributed by atoms with Gasteiger partial charge in [-0.3, -0.25) is 4.79 Å². The van der Waals surface area contributed by atoms with Crippen molar-refractivity contribution < 1.29 is 4.74 Å². The number of aromatic amines is 1. The number of pyridine rings is 1. The van der Waals surface area contributed by atoms with Gasteiger partial charge in [0.2, 0.25) is 0 Å². The van der Waals surface area contributed by atoms with E-state index in [9.17, 15) is 4.79 Å². The molecule has 0 radical (unpaired) electrons. The number of hydrogen-bond donors (Lipinski definition) is 1. The molecule has 0 fully saturated rings. The summed E-state index contributed by atoms with van der Waals surface area (Å²) in [6, 6.07) is 9.00. The molecule has 2 aromatic rings. The predicted octanol–water partition coefficient (Wildman–Crippen LogP) is 3.05. The fourth-order valence-corrected chi connectivity index (χ4v) is 2.12. The Balaban J connectivity index is 2.01. The van der Waals surface area contributed by atoms with Crippen molar-refractivity contribution in [1.82, 2.24) is 4.98 Å². The molecule has 3 heteroatoms. The number of aromatic nitrogens is 1. The van der Waals surface area contributed by atoms with Crippen LogP contribution in [0.25, 0.3) is 11.3 Å². The highest BCUT2D eigenvalue weighted by molar-refractivity contribution is 5.62. The maximum atomic E-state index is 11.4. The molecule has 1 aromatic heterocycles. The van der Waals surface area contributed by atoms with Crippen molar-refractivity contribution >= 4 is 0 Å². The van der Waals surface area contributed by atoms with Gasteiger partial charge < -0.3 is 9.72 Å². The van der Waals surface area contributed by atoms with Crippen LogP contribution in [0.4, 0.5) is 0 Å². The fourth-order valence-electron chi connectivity index (χ4n) is 2.12. The van der Waals surface area contributed by atoms with Crippen molar-refractivity contribution in [3.63, 3.8) is 0 Å². The Labute approximate surface area is 110 Å². The molecule has 1 N–H and O–H groups in total. The Kier molecular flexibility index (Phi) is 2.80. The second-order valence-corrected chi connectivity index (χ2v) is 4.38. The average molecular weight is 251 g/mol. The van der Waals surface area contributed by atoms with Gasteiger partial charge in [-0.15, -0.1) is 0 Å². The van der Waals surface area contributed by atoms with Gasteiger partial charge in [0, 0.05) is 24.0 Å². The summed E-state index contributed by atoms with van der Waals surface area (Å²) in [6.07, 6.45) is 6.16. The largest absolute Gasteiger partial charge is 0.457 e. The van der Waals surface area contributed by atoms with Gasteiger partial charge in [0.1, 0.15) is 11.5 Å². The smallest absolute Gasteiger partial charge is 0.182 e. The maximum absolute atomic E-state index is 11.4. The van der Waals surface area contributed by atoms with Crippen molar-refractivity contribution in [3.8, 4) is 17.0 Å². The highest BCUT2D eigenvalue weighted by Gasteiger charge is 2.12. The van der Waals surface area contributed by atoms with Crippen molar-refractivity contribution in [2.75, 3.05) is 0 Å². The molecule has 94 valence electrons. The lowest BCUT2D eigenvalue weighted by atomic mass is 10.0. The van der Waals surface area contributed by atoms with Gasteiger partial charge >= 0.3 is 0 Å². The first-order chi connectivity index (χ1) is 9.26. The lowest BCUT2D eigenvalue weighted by molar-refractivity contribution is 0.428. The second-order valence-electron chi connectivity index (χ2n) is 4.38. The van der Waals surface area contributed by atoms with Crippen molar-refractivity contribution in [2.45, 2.75) is 6.42 Å². The number of allylic oxidation sites excluding steroid dienone is 2. The van der Waals surface area contributed by atoms with E-state index >= 15 is 0 Å². The van der Waals surface area contributed by atoms with Crippen LogP contribution in [0.2, 0.25) is 0 Å². The first-order valence-corrected chi connectivity index (χ1v) is 6.09. The van der Waals surface area contributed by atoms with Crippen LogP contribution >= 0.6 is 0 Å². The van der Waals surface area contributed by atoms with Crippen LogP contribution in [0.3, 0.4) is 0 Å². The predicted molar refractivity (Wildman–Crippen MR) is 75.1 cm³/mol. The Hall–Kier alpha value is -2.55. The third-order valence-corrected chi connectivity index (χ3v) is 3.10. The minimum Gasteiger partial charge on any atom is -0.457 e. The molecule has 3 rings (SSSR count). The third kappa shape index (κ3) is 2.22. The van der Waals surface area contributed by atoms with E-state index in [2.05, 4.69) is 11.6 Å². The van der Waals surface area contributed by atoms with Gasteiger partial charge in [-0.2, -0.15) is 0 Å². The zero-order valence-corrected chi connectivity index (χ0v) is 10.3. The second kappa shape index (κ2) is 4.61. The highest BCUT2D eigenvalue weighted by atomic mass is 16.5. The molecule has 0 bridgehead atoms. The summed E-state index contributed by atoms with van der Waals surface area (Å²) in [6.45, 7) is 3.70. The van der Waals surface area contributed by atoms with Crippen molar-refractivity contribution in [1.29, 1.82) is 0 Å². The minimum atomic E-state index is -0.00319. The van der Waals surface area contributed by atoms with Crippen LogP contribution in [-0.4, -0.2) is 4.98 Å². The number of rotatable bonds is 2. The molecule has 0 spiro atoms. The molecule has 2 heterocycles. The van der Waals surface area contributed by atoms with Gasteiger partial charge in [0.15, 0.2) is 5.43 Å². The SMILES string of the molecule is C=CC1=CCc2cc(-c3cc(=O)cc[nH]3)ccc2O1. The molecule has 0 amide bonds. The van der Waals surface area contributed by atoms with Gasteiger partial charge in [-0.1, -0.05) is 6.58 Å². The Bertz CT molecular complexity index is 726. The summed E-state index contributed by atoms with van der Waals surface area (Å²) in [5, 5.41) is 0. The average Bonchev–Trinajstić information content (AvgIpc) is 2.46. The van der Waals surface area contributed by atoms with Gasteiger partial charge in [0.05, 0.1) is 0 Å². The van der Waals surface area contributed by atoms with Crippen LogP contribution in [0, 0.1) is 0 Å². The van der Waals surface area contributed by atoms with Gasteiger partial charge in [-0.05, 0) is 47.9 Å².